The number of aliphatic hydroxyl groups is 1. The van der Waals surface area contributed by atoms with Crippen molar-refractivity contribution in [3.8, 4) is 18.1 Å². The van der Waals surface area contributed by atoms with E-state index in [2.05, 4.69) is 21.9 Å². The molecule has 0 saturated heterocycles. The molecule has 214 valence electrons. The summed E-state index contributed by atoms with van der Waals surface area (Å²) in [6.45, 7) is 0.496. The molecule has 1 aliphatic carbocycles. The number of terminal acetylenes is 1. The highest BCUT2D eigenvalue weighted by Gasteiger charge is 2.44. The Bertz CT molecular complexity index is 1230. The van der Waals surface area contributed by atoms with Crippen molar-refractivity contribution in [1.82, 2.24) is 16.0 Å². The number of ether oxygens (including phenoxy) is 1. The molecule has 2 aromatic rings. The SMILES string of the molecule is C#Cc1cccc(C2(NCC(O)C3Cc4ccc(c(F)c4)OCCCCC(=O)NC(CCSC)C(=O)N3)CC2)c1. The molecule has 9 heteroatoms. The van der Waals surface area contributed by atoms with Crippen LogP contribution in [0.5, 0.6) is 5.75 Å². The summed E-state index contributed by atoms with van der Waals surface area (Å²) in [5.74, 6) is 2.42. The predicted molar refractivity (Wildman–Crippen MR) is 156 cm³/mol. The standard InChI is InChI=1S/C31H38FN3O4S/c1-3-21-7-6-8-23(17-21)31(13-14-31)33-20-27(36)26-19-22-10-11-28(24(32)18-22)39-15-5-4-9-29(37)34-25(12-16-40-2)30(38)35-26/h1,6-8,10-11,17-18,25-27,33,36H,4-5,9,12-16,19-20H2,2H3,(H,34,37)(H,35,38). The Morgan fingerprint density at radius 1 is 1.23 bits per heavy atom. The number of fused-ring (bicyclic) bond motifs is 13. The first kappa shape index (κ1) is 29.9. The highest BCUT2D eigenvalue weighted by Crippen LogP contribution is 2.45. The van der Waals surface area contributed by atoms with Gasteiger partial charge >= 0.3 is 0 Å². The number of rotatable bonds is 8. The minimum atomic E-state index is -0.980. The van der Waals surface area contributed by atoms with Crippen LogP contribution in [0.4, 0.5) is 4.39 Å². The van der Waals surface area contributed by atoms with Crippen molar-refractivity contribution in [2.45, 2.75) is 68.7 Å². The summed E-state index contributed by atoms with van der Waals surface area (Å²) in [6, 6.07) is 11.1. The van der Waals surface area contributed by atoms with Crippen molar-refractivity contribution >= 4 is 23.6 Å². The van der Waals surface area contributed by atoms with Crippen molar-refractivity contribution in [3.63, 3.8) is 0 Å². The third kappa shape index (κ3) is 8.00. The molecule has 3 aliphatic rings. The quantitative estimate of drug-likeness (QED) is 0.366. The fourth-order valence-corrected chi connectivity index (χ4v) is 5.46. The van der Waals surface area contributed by atoms with Gasteiger partial charge in [-0.05, 0) is 85.9 Å². The number of amides is 2. The second kappa shape index (κ2) is 14.0. The van der Waals surface area contributed by atoms with Crippen LogP contribution in [0.15, 0.2) is 42.5 Å². The highest BCUT2D eigenvalue weighted by atomic mass is 32.2. The van der Waals surface area contributed by atoms with E-state index in [-0.39, 0.29) is 42.5 Å². The van der Waals surface area contributed by atoms with Gasteiger partial charge in [0.15, 0.2) is 11.6 Å². The third-order valence-electron chi connectivity index (χ3n) is 7.54. The lowest BCUT2D eigenvalue weighted by Crippen LogP contribution is -2.55. The second-order valence-corrected chi connectivity index (χ2v) is 11.5. The van der Waals surface area contributed by atoms with Crippen LogP contribution in [0, 0.1) is 18.2 Å². The fourth-order valence-electron chi connectivity index (χ4n) is 4.99. The zero-order chi connectivity index (χ0) is 28.5. The molecule has 40 heavy (non-hydrogen) atoms. The molecule has 0 radical (unpaired) electrons. The molecule has 2 amide bonds. The normalized spacial score (nSPS) is 21.9. The van der Waals surface area contributed by atoms with E-state index in [0.29, 0.717) is 37.2 Å². The average molecular weight is 568 g/mol. The molecule has 3 unspecified atom stereocenters. The number of halogens is 1. The molecule has 2 heterocycles. The van der Waals surface area contributed by atoms with E-state index >= 15 is 0 Å². The second-order valence-electron chi connectivity index (χ2n) is 10.5. The summed E-state index contributed by atoms with van der Waals surface area (Å²) in [7, 11) is 0. The number of hydrogen-bond acceptors (Lipinski definition) is 6. The molecule has 1 saturated carbocycles. The summed E-state index contributed by atoms with van der Waals surface area (Å²) in [4.78, 5) is 26.0. The molecule has 3 atom stereocenters. The molecule has 2 aromatic carbocycles. The van der Waals surface area contributed by atoms with Crippen LogP contribution in [-0.2, 0) is 21.5 Å². The Labute approximate surface area is 240 Å². The summed E-state index contributed by atoms with van der Waals surface area (Å²) in [5, 5.41) is 20.7. The molecule has 0 aromatic heterocycles. The van der Waals surface area contributed by atoms with Crippen molar-refractivity contribution in [3.05, 3.63) is 65.0 Å². The Balaban J connectivity index is 1.54. The van der Waals surface area contributed by atoms with Gasteiger partial charge in [0.2, 0.25) is 11.8 Å². The van der Waals surface area contributed by atoms with Gasteiger partial charge in [0, 0.05) is 24.1 Å². The number of nitrogens with one attached hydrogen (secondary N) is 3. The number of carbonyl (C=O) groups is 2. The zero-order valence-electron chi connectivity index (χ0n) is 22.9. The van der Waals surface area contributed by atoms with E-state index in [1.807, 2.05) is 30.5 Å². The van der Waals surface area contributed by atoms with Crippen molar-refractivity contribution in [2.75, 3.05) is 25.2 Å². The largest absolute Gasteiger partial charge is 0.491 e. The minimum absolute atomic E-state index is 0.144. The zero-order valence-corrected chi connectivity index (χ0v) is 23.7. The number of aliphatic hydroxyl groups excluding tert-OH is 1. The summed E-state index contributed by atoms with van der Waals surface area (Å²) in [6.07, 6.45) is 10.4. The maximum atomic E-state index is 14.8. The third-order valence-corrected chi connectivity index (χ3v) is 8.19. The van der Waals surface area contributed by atoms with Gasteiger partial charge in [-0.15, -0.1) is 6.42 Å². The van der Waals surface area contributed by atoms with Crippen LogP contribution in [0.25, 0.3) is 0 Å². The van der Waals surface area contributed by atoms with Crippen LogP contribution >= 0.6 is 11.8 Å². The van der Waals surface area contributed by atoms with E-state index in [4.69, 9.17) is 11.2 Å². The van der Waals surface area contributed by atoms with Gasteiger partial charge in [-0.2, -0.15) is 11.8 Å². The summed E-state index contributed by atoms with van der Waals surface area (Å²) >= 11 is 1.59. The van der Waals surface area contributed by atoms with Gasteiger partial charge in [0.25, 0.3) is 0 Å². The van der Waals surface area contributed by atoms with E-state index < -0.39 is 24.0 Å². The van der Waals surface area contributed by atoms with E-state index in [1.54, 1.807) is 23.9 Å². The Hall–Kier alpha value is -3.06. The molecule has 7 nitrogen and oxygen atoms in total. The lowest BCUT2D eigenvalue weighted by atomic mass is 9.98. The average Bonchev–Trinajstić information content (AvgIpc) is 3.75. The summed E-state index contributed by atoms with van der Waals surface area (Å²) < 4.78 is 20.4. The molecule has 5 rings (SSSR count). The van der Waals surface area contributed by atoms with Crippen molar-refractivity contribution < 1.29 is 23.8 Å². The maximum Gasteiger partial charge on any atom is 0.242 e. The number of carbonyl (C=O) groups excluding carboxylic acids is 2. The minimum Gasteiger partial charge on any atom is -0.491 e. The number of thioether (sulfide) groups is 1. The first-order chi connectivity index (χ1) is 19.3. The van der Waals surface area contributed by atoms with Gasteiger partial charge in [0.05, 0.1) is 18.8 Å². The Morgan fingerprint density at radius 3 is 2.77 bits per heavy atom. The van der Waals surface area contributed by atoms with Gasteiger partial charge in [-0.1, -0.05) is 24.1 Å². The van der Waals surface area contributed by atoms with Gasteiger partial charge in [-0.3, -0.25) is 9.59 Å². The maximum absolute atomic E-state index is 14.8. The van der Waals surface area contributed by atoms with Crippen LogP contribution in [0.3, 0.4) is 0 Å². The van der Waals surface area contributed by atoms with Gasteiger partial charge in [0.1, 0.15) is 6.04 Å². The molecule has 0 spiro atoms. The van der Waals surface area contributed by atoms with Gasteiger partial charge in [-0.25, -0.2) is 4.39 Å². The predicted octanol–water partition coefficient (Wildman–Crippen LogP) is 3.27. The molecule has 2 aliphatic heterocycles. The molecule has 2 bridgehead atoms. The first-order valence-electron chi connectivity index (χ1n) is 13.8. The fraction of sp³-hybridized carbons (Fsp3) is 0.484. The Morgan fingerprint density at radius 2 is 2.05 bits per heavy atom. The van der Waals surface area contributed by atoms with E-state index in [0.717, 1.165) is 24.0 Å². The Kier molecular flexibility index (Phi) is 10.5. The van der Waals surface area contributed by atoms with Gasteiger partial charge < -0.3 is 25.8 Å². The number of hydrogen-bond donors (Lipinski definition) is 4. The van der Waals surface area contributed by atoms with Crippen LogP contribution in [-0.4, -0.2) is 60.3 Å². The van der Waals surface area contributed by atoms with Crippen LogP contribution in [0.2, 0.25) is 0 Å². The van der Waals surface area contributed by atoms with E-state index in [1.165, 1.54) is 6.07 Å². The lowest BCUT2D eigenvalue weighted by molar-refractivity contribution is -0.130. The van der Waals surface area contributed by atoms with Crippen LogP contribution in [0.1, 0.15) is 55.2 Å². The lowest BCUT2D eigenvalue weighted by Gasteiger charge is -2.29. The topological polar surface area (TPSA) is 99.7 Å². The molecular formula is C31H38FN3O4S. The molecular weight excluding hydrogens is 529 g/mol. The number of benzene rings is 2. The molecule has 1 fully saturated rings. The van der Waals surface area contributed by atoms with E-state index in [9.17, 15) is 19.1 Å². The van der Waals surface area contributed by atoms with Crippen molar-refractivity contribution in [2.24, 2.45) is 0 Å². The summed E-state index contributed by atoms with van der Waals surface area (Å²) in [5.41, 5.74) is 2.20. The smallest absolute Gasteiger partial charge is 0.242 e. The highest BCUT2D eigenvalue weighted by molar-refractivity contribution is 7.98. The first-order valence-corrected chi connectivity index (χ1v) is 15.2. The van der Waals surface area contributed by atoms with Crippen molar-refractivity contribution in [1.29, 1.82) is 0 Å². The molecule has 4 N–H and O–H groups in total. The van der Waals surface area contributed by atoms with Crippen LogP contribution < -0.4 is 20.7 Å². The monoisotopic (exact) mass is 567 g/mol.